The average molecular weight is 225 g/mol. The number of hydrogen-bond acceptors (Lipinski definition) is 3. The fraction of sp³-hybridized carbons (Fsp3) is 0.750. The molecule has 0 fully saturated rings. The van der Waals surface area contributed by atoms with Crippen LogP contribution in [0, 0.1) is 11.8 Å². The number of rotatable bonds is 8. The second-order valence-electron chi connectivity index (χ2n) is 4.67. The summed E-state index contributed by atoms with van der Waals surface area (Å²) >= 11 is 0. The Morgan fingerprint density at radius 1 is 1.50 bits per heavy atom. The molecule has 1 aromatic rings. The minimum Gasteiger partial charge on any atom is -0.396 e. The number of nitrogens with one attached hydrogen (secondary N) is 2. The van der Waals surface area contributed by atoms with Crippen molar-refractivity contribution in [2.24, 2.45) is 11.8 Å². The van der Waals surface area contributed by atoms with E-state index in [1.165, 1.54) is 0 Å². The molecule has 4 nitrogen and oxygen atoms in total. The van der Waals surface area contributed by atoms with Crippen LogP contribution < -0.4 is 5.32 Å². The van der Waals surface area contributed by atoms with Gasteiger partial charge in [0.2, 0.25) is 0 Å². The van der Waals surface area contributed by atoms with E-state index in [4.69, 9.17) is 5.11 Å². The van der Waals surface area contributed by atoms with Gasteiger partial charge in [0.15, 0.2) is 0 Å². The van der Waals surface area contributed by atoms with E-state index in [2.05, 4.69) is 29.1 Å². The third-order valence-corrected chi connectivity index (χ3v) is 2.62. The summed E-state index contributed by atoms with van der Waals surface area (Å²) in [5.74, 6) is 2.20. The van der Waals surface area contributed by atoms with Crippen LogP contribution in [-0.4, -0.2) is 28.2 Å². The van der Waals surface area contributed by atoms with Crippen molar-refractivity contribution >= 4 is 0 Å². The van der Waals surface area contributed by atoms with Crippen LogP contribution in [0.2, 0.25) is 0 Å². The number of aliphatic hydroxyl groups is 1. The Morgan fingerprint density at radius 3 is 2.88 bits per heavy atom. The van der Waals surface area contributed by atoms with Crippen molar-refractivity contribution in [1.82, 2.24) is 15.3 Å². The van der Waals surface area contributed by atoms with Crippen LogP contribution in [0.1, 0.15) is 32.5 Å². The zero-order valence-corrected chi connectivity index (χ0v) is 10.2. The molecule has 3 N–H and O–H groups in total. The number of aliphatic hydroxyl groups excluding tert-OH is 1. The van der Waals surface area contributed by atoms with Gasteiger partial charge in [-0.25, -0.2) is 4.98 Å². The topological polar surface area (TPSA) is 60.9 Å². The Balaban J connectivity index is 2.21. The molecule has 0 spiro atoms. The van der Waals surface area contributed by atoms with Crippen LogP contribution in [0.25, 0.3) is 0 Å². The number of hydrogen-bond donors (Lipinski definition) is 3. The Kier molecular flexibility index (Phi) is 6.11. The standard InChI is InChI=1S/C12H23N3O/c1-10(2)7-11(3-6-16)8-13-9-12-14-4-5-15-12/h4-5,10-11,13,16H,3,6-9H2,1-2H3,(H,14,15). The van der Waals surface area contributed by atoms with Gasteiger partial charge in [-0.15, -0.1) is 0 Å². The van der Waals surface area contributed by atoms with Gasteiger partial charge >= 0.3 is 0 Å². The average Bonchev–Trinajstić information content (AvgIpc) is 2.70. The van der Waals surface area contributed by atoms with Crippen molar-refractivity contribution in [3.8, 4) is 0 Å². The largest absolute Gasteiger partial charge is 0.396 e. The van der Waals surface area contributed by atoms with E-state index in [1.54, 1.807) is 6.20 Å². The van der Waals surface area contributed by atoms with Gasteiger partial charge < -0.3 is 15.4 Å². The molecule has 0 aliphatic heterocycles. The molecule has 0 aromatic carbocycles. The number of aromatic amines is 1. The number of H-pyrrole nitrogens is 1. The van der Waals surface area contributed by atoms with Gasteiger partial charge in [-0.2, -0.15) is 0 Å². The first-order chi connectivity index (χ1) is 7.72. The van der Waals surface area contributed by atoms with Crippen molar-refractivity contribution in [2.75, 3.05) is 13.2 Å². The maximum Gasteiger partial charge on any atom is 0.120 e. The summed E-state index contributed by atoms with van der Waals surface area (Å²) in [6.45, 7) is 6.43. The third kappa shape index (κ3) is 5.28. The molecular formula is C12H23N3O. The smallest absolute Gasteiger partial charge is 0.120 e. The molecule has 0 bridgehead atoms. The number of nitrogens with zero attached hydrogens (tertiary/aromatic N) is 1. The third-order valence-electron chi connectivity index (χ3n) is 2.62. The molecule has 92 valence electrons. The molecule has 1 aromatic heterocycles. The van der Waals surface area contributed by atoms with Gasteiger partial charge in [-0.05, 0) is 31.2 Å². The van der Waals surface area contributed by atoms with Gasteiger partial charge in [0.25, 0.3) is 0 Å². The monoisotopic (exact) mass is 225 g/mol. The lowest BCUT2D eigenvalue weighted by Crippen LogP contribution is -2.24. The van der Waals surface area contributed by atoms with Crippen LogP contribution in [0.5, 0.6) is 0 Å². The summed E-state index contributed by atoms with van der Waals surface area (Å²) in [7, 11) is 0. The van der Waals surface area contributed by atoms with Crippen LogP contribution in [0.3, 0.4) is 0 Å². The highest BCUT2D eigenvalue weighted by Crippen LogP contribution is 2.14. The predicted molar refractivity (Wildman–Crippen MR) is 64.9 cm³/mol. The fourth-order valence-corrected chi connectivity index (χ4v) is 1.94. The Hall–Kier alpha value is -0.870. The predicted octanol–water partition coefficient (Wildman–Crippen LogP) is 1.54. The quantitative estimate of drug-likeness (QED) is 0.629. The van der Waals surface area contributed by atoms with Gasteiger partial charge in [0, 0.05) is 19.0 Å². The normalized spacial score (nSPS) is 13.2. The molecule has 4 heteroatoms. The molecule has 0 aliphatic rings. The molecule has 1 heterocycles. The molecule has 0 saturated carbocycles. The Labute approximate surface area is 97.5 Å². The van der Waals surface area contributed by atoms with Crippen LogP contribution >= 0.6 is 0 Å². The summed E-state index contributed by atoms with van der Waals surface area (Å²) in [5, 5.41) is 12.4. The lowest BCUT2D eigenvalue weighted by Gasteiger charge is -2.18. The number of aromatic nitrogens is 2. The van der Waals surface area contributed by atoms with Gasteiger partial charge in [-0.3, -0.25) is 0 Å². The van der Waals surface area contributed by atoms with Crippen molar-refractivity contribution < 1.29 is 5.11 Å². The highest BCUT2D eigenvalue weighted by atomic mass is 16.3. The summed E-state index contributed by atoms with van der Waals surface area (Å²) < 4.78 is 0. The van der Waals surface area contributed by atoms with Crippen LogP contribution in [0.4, 0.5) is 0 Å². The molecule has 1 unspecified atom stereocenters. The van der Waals surface area contributed by atoms with Crippen molar-refractivity contribution in [3.63, 3.8) is 0 Å². The minimum atomic E-state index is 0.278. The van der Waals surface area contributed by atoms with Gasteiger partial charge in [-0.1, -0.05) is 13.8 Å². The van der Waals surface area contributed by atoms with E-state index in [9.17, 15) is 0 Å². The molecule has 0 radical (unpaired) electrons. The van der Waals surface area contributed by atoms with Crippen LogP contribution in [-0.2, 0) is 6.54 Å². The summed E-state index contributed by atoms with van der Waals surface area (Å²) in [5.41, 5.74) is 0. The van der Waals surface area contributed by atoms with E-state index >= 15 is 0 Å². The Bertz CT molecular complexity index is 259. The molecular weight excluding hydrogens is 202 g/mol. The van der Waals surface area contributed by atoms with Gasteiger partial charge in [0.05, 0.1) is 6.54 Å². The zero-order chi connectivity index (χ0) is 11.8. The van der Waals surface area contributed by atoms with E-state index in [0.29, 0.717) is 11.8 Å². The lowest BCUT2D eigenvalue weighted by atomic mass is 9.94. The fourth-order valence-electron chi connectivity index (χ4n) is 1.94. The van der Waals surface area contributed by atoms with Crippen LogP contribution in [0.15, 0.2) is 12.4 Å². The first-order valence-electron chi connectivity index (χ1n) is 6.02. The summed E-state index contributed by atoms with van der Waals surface area (Å²) in [6, 6.07) is 0. The molecule has 0 amide bonds. The summed E-state index contributed by atoms with van der Waals surface area (Å²) in [6.07, 6.45) is 5.63. The minimum absolute atomic E-state index is 0.278. The Morgan fingerprint density at radius 2 is 2.31 bits per heavy atom. The second kappa shape index (κ2) is 7.41. The maximum atomic E-state index is 8.99. The second-order valence-corrected chi connectivity index (χ2v) is 4.67. The highest BCUT2D eigenvalue weighted by molar-refractivity contribution is 4.86. The van der Waals surface area contributed by atoms with Crippen molar-refractivity contribution in [3.05, 3.63) is 18.2 Å². The zero-order valence-electron chi connectivity index (χ0n) is 10.2. The van der Waals surface area contributed by atoms with E-state index in [0.717, 1.165) is 31.8 Å². The van der Waals surface area contributed by atoms with E-state index in [-0.39, 0.29) is 6.61 Å². The lowest BCUT2D eigenvalue weighted by molar-refractivity contribution is 0.239. The highest BCUT2D eigenvalue weighted by Gasteiger charge is 2.10. The summed E-state index contributed by atoms with van der Waals surface area (Å²) in [4.78, 5) is 7.21. The maximum absolute atomic E-state index is 8.99. The molecule has 0 aliphatic carbocycles. The van der Waals surface area contributed by atoms with E-state index < -0.39 is 0 Å². The molecule has 0 saturated heterocycles. The van der Waals surface area contributed by atoms with Crippen molar-refractivity contribution in [2.45, 2.75) is 33.2 Å². The first kappa shape index (κ1) is 13.2. The molecule has 1 rings (SSSR count). The van der Waals surface area contributed by atoms with E-state index in [1.807, 2.05) is 6.20 Å². The van der Waals surface area contributed by atoms with Crippen molar-refractivity contribution in [1.29, 1.82) is 0 Å². The first-order valence-corrected chi connectivity index (χ1v) is 6.02. The molecule has 1 atom stereocenters. The molecule has 16 heavy (non-hydrogen) atoms. The number of imidazole rings is 1. The van der Waals surface area contributed by atoms with Gasteiger partial charge in [0.1, 0.15) is 5.82 Å². The SMILES string of the molecule is CC(C)CC(CCO)CNCc1ncc[nH]1.